The number of hydrazone groups is 1. The van der Waals surface area contributed by atoms with Gasteiger partial charge in [0.2, 0.25) is 5.95 Å². The summed E-state index contributed by atoms with van der Waals surface area (Å²) in [6.07, 6.45) is 1.61. The predicted octanol–water partition coefficient (Wildman–Crippen LogP) is 4.28. The van der Waals surface area contributed by atoms with E-state index in [-0.39, 0.29) is 11.5 Å². The van der Waals surface area contributed by atoms with Gasteiger partial charge >= 0.3 is 0 Å². The lowest BCUT2D eigenvalue weighted by atomic mass is 10.2. The maximum atomic E-state index is 12.4. The van der Waals surface area contributed by atoms with E-state index in [1.807, 2.05) is 30.3 Å². The third-order valence-corrected chi connectivity index (χ3v) is 5.42. The summed E-state index contributed by atoms with van der Waals surface area (Å²) < 4.78 is 0. The van der Waals surface area contributed by atoms with Crippen LogP contribution in [-0.4, -0.2) is 35.2 Å². The highest BCUT2D eigenvalue weighted by atomic mass is 16.2. The Morgan fingerprint density at radius 2 is 1.71 bits per heavy atom. The van der Waals surface area contributed by atoms with Crippen LogP contribution in [0.3, 0.4) is 0 Å². The summed E-state index contributed by atoms with van der Waals surface area (Å²) in [4.78, 5) is 34.0. The third-order valence-electron chi connectivity index (χ3n) is 5.42. The van der Waals surface area contributed by atoms with Crippen molar-refractivity contribution in [3.63, 3.8) is 0 Å². The second kappa shape index (κ2) is 10.4. The zero-order valence-corrected chi connectivity index (χ0v) is 19.1. The van der Waals surface area contributed by atoms with Crippen LogP contribution in [0.5, 0.6) is 0 Å². The number of aromatic amines is 1. The van der Waals surface area contributed by atoms with E-state index in [0.29, 0.717) is 28.1 Å². The molecular weight excluding hydrogens is 428 g/mol. The van der Waals surface area contributed by atoms with Gasteiger partial charge in [-0.1, -0.05) is 24.3 Å². The minimum absolute atomic E-state index is 0.218. The molecule has 1 heterocycles. The lowest BCUT2D eigenvalue weighted by molar-refractivity contribution is 0.0955. The molecule has 3 aromatic carbocycles. The number of aromatic nitrogens is 2. The Morgan fingerprint density at radius 3 is 2.41 bits per heavy atom. The van der Waals surface area contributed by atoms with E-state index >= 15 is 0 Å². The second-order valence-electron chi connectivity index (χ2n) is 7.60. The van der Waals surface area contributed by atoms with Crippen LogP contribution in [0.25, 0.3) is 10.9 Å². The van der Waals surface area contributed by atoms with Crippen LogP contribution in [0.1, 0.15) is 29.8 Å². The summed E-state index contributed by atoms with van der Waals surface area (Å²) in [6.45, 7) is 6.15. The number of carbonyl (C=O) groups excluding carboxylic acids is 1. The first-order valence-corrected chi connectivity index (χ1v) is 11.1. The highest BCUT2D eigenvalue weighted by Crippen LogP contribution is 2.16. The highest BCUT2D eigenvalue weighted by molar-refractivity contribution is 5.95. The maximum absolute atomic E-state index is 12.4. The van der Waals surface area contributed by atoms with Gasteiger partial charge in [0.15, 0.2) is 0 Å². The number of benzene rings is 3. The Kier molecular flexibility index (Phi) is 6.98. The zero-order chi connectivity index (χ0) is 23.9. The molecule has 0 atom stereocenters. The van der Waals surface area contributed by atoms with E-state index in [1.165, 1.54) is 0 Å². The fourth-order valence-electron chi connectivity index (χ4n) is 3.58. The van der Waals surface area contributed by atoms with E-state index in [9.17, 15) is 9.59 Å². The monoisotopic (exact) mass is 454 g/mol. The quantitative estimate of drug-likeness (QED) is 0.272. The van der Waals surface area contributed by atoms with Crippen LogP contribution in [0, 0.1) is 0 Å². The molecule has 0 radical (unpaired) electrons. The van der Waals surface area contributed by atoms with Gasteiger partial charge in [-0.3, -0.25) is 14.6 Å². The van der Waals surface area contributed by atoms with Crippen molar-refractivity contribution in [3.05, 3.63) is 94.3 Å². The van der Waals surface area contributed by atoms with E-state index in [4.69, 9.17) is 0 Å². The fraction of sp³-hybridized carbons (Fsp3) is 0.154. The molecule has 4 aromatic rings. The number of para-hydroxylation sites is 1. The minimum atomic E-state index is -0.320. The number of nitrogens with one attached hydrogen (secondary N) is 3. The summed E-state index contributed by atoms with van der Waals surface area (Å²) >= 11 is 0. The summed E-state index contributed by atoms with van der Waals surface area (Å²) in [6, 6.07) is 22.0. The van der Waals surface area contributed by atoms with Crippen molar-refractivity contribution < 1.29 is 4.79 Å². The maximum Gasteiger partial charge on any atom is 0.271 e. The van der Waals surface area contributed by atoms with Crippen LogP contribution in [0.4, 0.5) is 17.3 Å². The highest BCUT2D eigenvalue weighted by Gasteiger charge is 2.07. The Balaban J connectivity index is 1.36. The molecule has 0 aliphatic carbocycles. The predicted molar refractivity (Wildman–Crippen MR) is 137 cm³/mol. The van der Waals surface area contributed by atoms with Gasteiger partial charge in [0, 0.05) is 30.0 Å². The van der Waals surface area contributed by atoms with Gasteiger partial charge in [-0.05, 0) is 67.9 Å². The van der Waals surface area contributed by atoms with Crippen LogP contribution < -0.4 is 21.2 Å². The van der Waals surface area contributed by atoms with Gasteiger partial charge in [-0.2, -0.15) is 5.10 Å². The van der Waals surface area contributed by atoms with Crippen molar-refractivity contribution >= 4 is 40.3 Å². The Morgan fingerprint density at radius 1 is 1.00 bits per heavy atom. The molecule has 3 N–H and O–H groups in total. The number of H-pyrrole nitrogens is 1. The molecule has 34 heavy (non-hydrogen) atoms. The minimum Gasteiger partial charge on any atom is -0.372 e. The first-order chi connectivity index (χ1) is 16.6. The largest absolute Gasteiger partial charge is 0.372 e. The number of rotatable bonds is 8. The number of carbonyl (C=O) groups is 1. The lowest BCUT2D eigenvalue weighted by Gasteiger charge is -2.20. The molecule has 0 unspecified atom stereocenters. The molecule has 0 spiro atoms. The summed E-state index contributed by atoms with van der Waals surface area (Å²) in [5.41, 5.74) is 6.12. The molecular formula is C26H26N6O2. The normalized spacial score (nSPS) is 11.0. The van der Waals surface area contributed by atoms with Crippen LogP contribution in [-0.2, 0) is 0 Å². The molecule has 8 heteroatoms. The molecule has 0 aliphatic rings. The van der Waals surface area contributed by atoms with Gasteiger partial charge in [-0.25, -0.2) is 10.4 Å². The topological polar surface area (TPSA) is 102 Å². The Labute approximate surface area is 197 Å². The van der Waals surface area contributed by atoms with Crippen molar-refractivity contribution in [2.24, 2.45) is 5.10 Å². The average molecular weight is 455 g/mol. The molecule has 0 bridgehead atoms. The van der Waals surface area contributed by atoms with Crippen LogP contribution in [0.2, 0.25) is 0 Å². The fourth-order valence-corrected chi connectivity index (χ4v) is 3.58. The molecule has 172 valence electrons. The molecule has 0 saturated carbocycles. The number of anilines is 3. The van der Waals surface area contributed by atoms with E-state index in [2.05, 4.69) is 44.6 Å². The number of nitrogens with zero attached hydrogens (tertiary/aromatic N) is 3. The smallest absolute Gasteiger partial charge is 0.271 e. The van der Waals surface area contributed by atoms with Crippen molar-refractivity contribution in [1.29, 1.82) is 0 Å². The number of fused-ring (bicyclic) bond motifs is 1. The average Bonchev–Trinajstić information content (AvgIpc) is 2.86. The number of amides is 1. The second-order valence-corrected chi connectivity index (χ2v) is 7.60. The van der Waals surface area contributed by atoms with E-state index in [0.717, 1.165) is 24.3 Å². The molecule has 0 fully saturated rings. The van der Waals surface area contributed by atoms with Crippen LogP contribution >= 0.6 is 0 Å². The lowest BCUT2D eigenvalue weighted by Crippen LogP contribution is -2.21. The zero-order valence-electron chi connectivity index (χ0n) is 19.1. The standard InChI is InChI=1S/C26H26N6O2/c1-3-32(4-2)21-15-9-18(10-16-21)17-27-31-24(33)19-11-13-20(14-12-19)28-26-29-23-8-6-5-7-22(23)25(34)30-26/h5-17H,3-4H2,1-2H3,(H,31,33)(H2,28,29,30,34)/b27-17-. The molecule has 1 amide bonds. The SMILES string of the molecule is CCN(CC)c1ccc(/C=N\NC(=O)c2ccc(Nc3nc4ccccc4c(=O)[nH]3)cc2)cc1. The van der Waals surface area contributed by atoms with Crippen molar-refractivity contribution in [2.75, 3.05) is 23.3 Å². The summed E-state index contributed by atoms with van der Waals surface area (Å²) in [5.74, 6) is 0.0114. The third kappa shape index (κ3) is 5.29. The van der Waals surface area contributed by atoms with Crippen LogP contribution in [0.15, 0.2) is 82.7 Å². The van der Waals surface area contributed by atoms with Crippen molar-refractivity contribution in [1.82, 2.24) is 15.4 Å². The summed E-state index contributed by atoms with van der Waals surface area (Å²) in [7, 11) is 0. The molecule has 8 nitrogen and oxygen atoms in total. The number of hydrogen-bond acceptors (Lipinski definition) is 6. The first-order valence-electron chi connectivity index (χ1n) is 11.1. The van der Waals surface area contributed by atoms with Gasteiger partial charge in [-0.15, -0.1) is 0 Å². The van der Waals surface area contributed by atoms with E-state index in [1.54, 1.807) is 48.7 Å². The molecule has 4 rings (SSSR count). The van der Waals surface area contributed by atoms with Crippen molar-refractivity contribution in [3.8, 4) is 0 Å². The number of hydrogen-bond donors (Lipinski definition) is 3. The van der Waals surface area contributed by atoms with Gasteiger partial charge in [0.25, 0.3) is 11.5 Å². The Bertz CT molecular complexity index is 1360. The Hall–Kier alpha value is -4.46. The van der Waals surface area contributed by atoms with Crippen molar-refractivity contribution in [2.45, 2.75) is 13.8 Å². The van der Waals surface area contributed by atoms with Gasteiger partial charge in [0.05, 0.1) is 17.1 Å². The van der Waals surface area contributed by atoms with Gasteiger partial charge < -0.3 is 10.2 Å². The first kappa shape index (κ1) is 22.7. The molecule has 0 saturated heterocycles. The van der Waals surface area contributed by atoms with E-state index < -0.39 is 0 Å². The molecule has 0 aliphatic heterocycles. The molecule has 1 aromatic heterocycles. The van der Waals surface area contributed by atoms with Gasteiger partial charge in [0.1, 0.15) is 0 Å². The summed E-state index contributed by atoms with van der Waals surface area (Å²) in [5, 5.41) is 7.64.